The summed E-state index contributed by atoms with van der Waals surface area (Å²) in [5, 5.41) is 0. The molecular weight excluding hydrogens is 302 g/mol. The standard InChI is InChI=1S/C10H10O4.Na.H3O4P.H/c1-13-9(11)7-3-5-8(6-4-7)10(12)14-2;;1-5(2,3)4;/h3-6H,1-2H3;;(H3,1,2,3,4);/q;+1;;-1. The molecule has 108 valence electrons. The van der Waals surface area contributed by atoms with Gasteiger partial charge in [0, 0.05) is 0 Å². The number of phosphoric acid groups is 1. The summed E-state index contributed by atoms with van der Waals surface area (Å²) in [5.41, 5.74) is 0.806. The van der Waals surface area contributed by atoms with Crippen molar-refractivity contribution >= 4 is 19.8 Å². The topological polar surface area (TPSA) is 130 Å². The molecule has 10 heteroatoms. The van der Waals surface area contributed by atoms with Gasteiger partial charge < -0.3 is 25.6 Å². The van der Waals surface area contributed by atoms with Crippen molar-refractivity contribution in [3.05, 3.63) is 35.4 Å². The van der Waals surface area contributed by atoms with Gasteiger partial charge in [-0.25, -0.2) is 14.2 Å². The van der Waals surface area contributed by atoms with Gasteiger partial charge in [0.2, 0.25) is 0 Å². The van der Waals surface area contributed by atoms with Crippen LogP contribution in [0.2, 0.25) is 0 Å². The molecule has 1 aromatic rings. The van der Waals surface area contributed by atoms with Crippen LogP contribution in [0.15, 0.2) is 24.3 Å². The smallest absolute Gasteiger partial charge is 1.00 e. The van der Waals surface area contributed by atoms with Crippen molar-refractivity contribution in [2.24, 2.45) is 0 Å². The Labute approximate surface area is 138 Å². The van der Waals surface area contributed by atoms with Crippen LogP contribution in [0.25, 0.3) is 0 Å². The van der Waals surface area contributed by atoms with Crippen LogP contribution >= 0.6 is 7.82 Å². The minimum absolute atomic E-state index is 0. The second-order valence-corrected chi connectivity index (χ2v) is 4.10. The monoisotopic (exact) mass is 316 g/mol. The molecule has 0 aliphatic carbocycles. The summed E-state index contributed by atoms with van der Waals surface area (Å²) >= 11 is 0. The fourth-order valence-electron chi connectivity index (χ4n) is 0.978. The first-order valence-corrected chi connectivity index (χ1v) is 6.30. The molecule has 0 aliphatic rings. The summed E-state index contributed by atoms with van der Waals surface area (Å²) in [6.07, 6.45) is 0. The summed E-state index contributed by atoms with van der Waals surface area (Å²) in [6.45, 7) is 0. The van der Waals surface area contributed by atoms with Crippen LogP contribution in [0.1, 0.15) is 22.1 Å². The molecule has 0 amide bonds. The van der Waals surface area contributed by atoms with E-state index in [1.54, 1.807) is 0 Å². The van der Waals surface area contributed by atoms with E-state index in [1.807, 2.05) is 0 Å². The normalized spacial score (nSPS) is 9.45. The van der Waals surface area contributed by atoms with Gasteiger partial charge in [-0.3, -0.25) is 0 Å². The predicted molar refractivity (Wildman–Crippen MR) is 64.5 cm³/mol. The van der Waals surface area contributed by atoms with E-state index in [-0.39, 0.29) is 31.0 Å². The molecule has 0 bridgehead atoms. The third-order valence-electron chi connectivity index (χ3n) is 1.73. The minimum atomic E-state index is -4.64. The molecule has 0 spiro atoms. The Morgan fingerprint density at radius 1 is 0.950 bits per heavy atom. The van der Waals surface area contributed by atoms with Crippen molar-refractivity contribution < 1.29 is 69.3 Å². The van der Waals surface area contributed by atoms with Gasteiger partial charge in [0.25, 0.3) is 0 Å². The van der Waals surface area contributed by atoms with Gasteiger partial charge in [0.05, 0.1) is 25.3 Å². The van der Waals surface area contributed by atoms with Crippen LogP contribution in [-0.2, 0) is 14.0 Å². The van der Waals surface area contributed by atoms with Gasteiger partial charge in [-0.15, -0.1) is 0 Å². The van der Waals surface area contributed by atoms with E-state index >= 15 is 0 Å². The van der Waals surface area contributed by atoms with E-state index < -0.39 is 19.8 Å². The molecule has 0 unspecified atom stereocenters. The Kier molecular flexibility index (Phi) is 10.9. The molecule has 0 saturated heterocycles. The Morgan fingerprint density at radius 2 is 1.15 bits per heavy atom. The van der Waals surface area contributed by atoms with Crippen LogP contribution in [0.4, 0.5) is 0 Å². The number of carbonyl (C=O) groups is 2. The fraction of sp³-hybridized carbons (Fsp3) is 0.200. The summed E-state index contributed by atoms with van der Waals surface area (Å²) in [5.74, 6) is -0.858. The Hall–Kier alpha value is -0.730. The Bertz CT molecular complexity index is 443. The number of ether oxygens (including phenoxy) is 2. The molecule has 0 heterocycles. The molecule has 0 fully saturated rings. The molecule has 0 atom stereocenters. The number of hydrogen-bond donors (Lipinski definition) is 3. The van der Waals surface area contributed by atoms with Gasteiger partial charge >= 0.3 is 49.3 Å². The van der Waals surface area contributed by atoms with E-state index in [2.05, 4.69) is 9.47 Å². The van der Waals surface area contributed by atoms with Gasteiger partial charge in [0.1, 0.15) is 0 Å². The van der Waals surface area contributed by atoms with E-state index in [0.717, 1.165) is 0 Å². The molecule has 0 aliphatic heterocycles. The third kappa shape index (κ3) is 10.1. The van der Waals surface area contributed by atoms with Crippen molar-refractivity contribution in [3.8, 4) is 0 Å². The maximum Gasteiger partial charge on any atom is 1.00 e. The maximum absolute atomic E-state index is 11.0. The zero-order chi connectivity index (χ0) is 15.1. The van der Waals surface area contributed by atoms with Gasteiger partial charge in [-0.2, -0.15) is 0 Å². The second-order valence-electron chi connectivity index (χ2n) is 3.07. The summed E-state index contributed by atoms with van der Waals surface area (Å²) < 4.78 is 17.9. The quantitative estimate of drug-likeness (QED) is 0.309. The Morgan fingerprint density at radius 3 is 1.30 bits per heavy atom. The van der Waals surface area contributed by atoms with Crippen molar-refractivity contribution in [1.82, 2.24) is 0 Å². The molecule has 1 aromatic carbocycles. The van der Waals surface area contributed by atoms with Crippen LogP contribution in [0, 0.1) is 0 Å². The molecule has 0 aromatic heterocycles. The number of hydrogen-bond acceptors (Lipinski definition) is 5. The molecule has 20 heavy (non-hydrogen) atoms. The first-order valence-electron chi connectivity index (χ1n) is 4.74. The number of esters is 2. The van der Waals surface area contributed by atoms with Crippen LogP contribution in [0.5, 0.6) is 0 Å². The maximum atomic E-state index is 11.0. The van der Waals surface area contributed by atoms with E-state index in [9.17, 15) is 9.59 Å². The van der Waals surface area contributed by atoms with Crippen LogP contribution in [0.3, 0.4) is 0 Å². The number of methoxy groups -OCH3 is 2. The summed E-state index contributed by atoms with van der Waals surface area (Å²) in [4.78, 5) is 43.6. The Balaban J connectivity index is -0.000000405. The van der Waals surface area contributed by atoms with Gasteiger partial charge in [-0.1, -0.05) is 0 Å². The number of carbonyl (C=O) groups excluding carboxylic acids is 2. The van der Waals surface area contributed by atoms with E-state index in [4.69, 9.17) is 19.2 Å². The van der Waals surface area contributed by atoms with E-state index in [1.165, 1.54) is 38.5 Å². The van der Waals surface area contributed by atoms with Gasteiger partial charge in [0.15, 0.2) is 0 Å². The first-order chi connectivity index (χ1) is 8.69. The molecular formula is C10H14NaO8P. The SMILES string of the molecule is COC(=O)c1ccc(C(=O)OC)cc1.O=P(O)(O)O.[H-].[Na+]. The predicted octanol–water partition coefficient (Wildman–Crippen LogP) is -2.55. The second kappa shape index (κ2) is 10.1. The average molecular weight is 316 g/mol. The van der Waals surface area contributed by atoms with Crippen LogP contribution in [-0.4, -0.2) is 40.8 Å². The molecule has 1 rings (SSSR count). The number of benzene rings is 1. The fourth-order valence-corrected chi connectivity index (χ4v) is 0.978. The van der Waals surface area contributed by atoms with Crippen LogP contribution < -0.4 is 29.6 Å². The third-order valence-corrected chi connectivity index (χ3v) is 1.73. The molecule has 0 radical (unpaired) electrons. The minimum Gasteiger partial charge on any atom is -1.00 e. The van der Waals surface area contributed by atoms with Crippen molar-refractivity contribution in [1.29, 1.82) is 0 Å². The molecule has 3 N–H and O–H groups in total. The van der Waals surface area contributed by atoms with Gasteiger partial charge in [-0.05, 0) is 24.3 Å². The zero-order valence-electron chi connectivity index (χ0n) is 12.1. The van der Waals surface area contributed by atoms with Crippen molar-refractivity contribution in [2.75, 3.05) is 14.2 Å². The van der Waals surface area contributed by atoms with Crippen molar-refractivity contribution in [2.45, 2.75) is 0 Å². The molecule has 8 nitrogen and oxygen atoms in total. The average Bonchev–Trinajstić information content (AvgIpc) is 2.35. The summed E-state index contributed by atoms with van der Waals surface area (Å²) in [6, 6.07) is 6.05. The zero-order valence-corrected chi connectivity index (χ0v) is 14.0. The largest absolute Gasteiger partial charge is 1.00 e. The summed E-state index contributed by atoms with van der Waals surface area (Å²) in [7, 11) is -2.03. The molecule has 0 saturated carbocycles. The van der Waals surface area contributed by atoms with E-state index in [0.29, 0.717) is 11.1 Å². The van der Waals surface area contributed by atoms with Crippen molar-refractivity contribution in [3.63, 3.8) is 0 Å². The number of rotatable bonds is 2. The first kappa shape index (κ1) is 21.6.